The standard InChI is InChI=1S/C24H26O5/c1-5-27-20(25)12-11-18-22-19(29-21(26)14-24(22,3)4)13-16(2)23(18)28-15-17-9-7-6-8-10-17/h6-13H,5,14-15H2,1-4H3/b12-11+. The van der Waals surface area contributed by atoms with Gasteiger partial charge in [-0.1, -0.05) is 44.2 Å². The van der Waals surface area contributed by atoms with Crippen molar-refractivity contribution >= 4 is 18.0 Å². The largest absolute Gasteiger partial charge is 0.488 e. The third-order valence-electron chi connectivity index (χ3n) is 4.85. The summed E-state index contributed by atoms with van der Waals surface area (Å²) in [4.78, 5) is 24.0. The van der Waals surface area contributed by atoms with Crippen LogP contribution in [0.3, 0.4) is 0 Å². The van der Waals surface area contributed by atoms with Crippen molar-refractivity contribution < 1.29 is 23.8 Å². The third-order valence-corrected chi connectivity index (χ3v) is 4.85. The Kier molecular flexibility index (Phi) is 6.06. The van der Waals surface area contributed by atoms with Gasteiger partial charge in [-0.2, -0.15) is 0 Å². The van der Waals surface area contributed by atoms with Crippen molar-refractivity contribution in [2.75, 3.05) is 6.61 Å². The number of carbonyl (C=O) groups is 2. The van der Waals surface area contributed by atoms with E-state index in [1.165, 1.54) is 6.08 Å². The van der Waals surface area contributed by atoms with Crippen LogP contribution in [0.2, 0.25) is 0 Å². The lowest BCUT2D eigenvalue weighted by atomic mass is 9.76. The van der Waals surface area contributed by atoms with Gasteiger partial charge in [0.25, 0.3) is 0 Å². The summed E-state index contributed by atoms with van der Waals surface area (Å²) in [6, 6.07) is 11.7. The van der Waals surface area contributed by atoms with Crippen LogP contribution >= 0.6 is 0 Å². The molecule has 5 nitrogen and oxygen atoms in total. The summed E-state index contributed by atoms with van der Waals surface area (Å²) in [6.07, 6.45) is 3.34. The molecule has 0 N–H and O–H groups in total. The van der Waals surface area contributed by atoms with E-state index in [0.717, 1.165) is 22.3 Å². The molecule has 0 saturated heterocycles. The molecule has 0 fully saturated rings. The average molecular weight is 394 g/mol. The number of ether oxygens (including phenoxy) is 3. The Morgan fingerprint density at radius 3 is 2.66 bits per heavy atom. The van der Waals surface area contributed by atoms with Gasteiger partial charge in [-0.05, 0) is 37.1 Å². The smallest absolute Gasteiger partial charge is 0.330 e. The number of aryl methyl sites for hydroxylation is 1. The van der Waals surface area contributed by atoms with Crippen LogP contribution in [0.5, 0.6) is 11.5 Å². The van der Waals surface area contributed by atoms with E-state index >= 15 is 0 Å². The van der Waals surface area contributed by atoms with Gasteiger partial charge in [-0.25, -0.2) is 4.79 Å². The lowest BCUT2D eigenvalue weighted by Crippen LogP contribution is -2.32. The molecule has 0 amide bonds. The minimum atomic E-state index is -0.461. The van der Waals surface area contributed by atoms with Crippen molar-refractivity contribution in [3.63, 3.8) is 0 Å². The van der Waals surface area contributed by atoms with Crippen LogP contribution in [0.25, 0.3) is 6.08 Å². The van der Waals surface area contributed by atoms with Crippen LogP contribution in [-0.4, -0.2) is 18.5 Å². The molecule has 5 heteroatoms. The Bertz CT molecular complexity index is 941. The summed E-state index contributed by atoms with van der Waals surface area (Å²) >= 11 is 0. The number of fused-ring (bicyclic) bond motifs is 1. The minimum absolute atomic E-state index is 0.251. The Labute approximate surface area is 171 Å². The van der Waals surface area contributed by atoms with Crippen LogP contribution in [-0.2, 0) is 26.3 Å². The summed E-state index contributed by atoms with van der Waals surface area (Å²) in [5, 5.41) is 0. The van der Waals surface area contributed by atoms with Crippen LogP contribution in [0, 0.1) is 6.92 Å². The fourth-order valence-electron chi connectivity index (χ4n) is 3.60. The van der Waals surface area contributed by atoms with Crippen molar-refractivity contribution in [3.8, 4) is 11.5 Å². The molecule has 29 heavy (non-hydrogen) atoms. The Morgan fingerprint density at radius 2 is 1.97 bits per heavy atom. The maximum Gasteiger partial charge on any atom is 0.330 e. The predicted octanol–water partition coefficient (Wildman–Crippen LogP) is 4.74. The highest BCUT2D eigenvalue weighted by atomic mass is 16.5. The lowest BCUT2D eigenvalue weighted by Gasteiger charge is -2.34. The zero-order valence-corrected chi connectivity index (χ0v) is 17.3. The molecule has 0 radical (unpaired) electrons. The Balaban J connectivity index is 2.08. The Morgan fingerprint density at radius 1 is 1.24 bits per heavy atom. The SMILES string of the molecule is CCOC(=O)/C=C/c1c(OCc2ccccc2)c(C)cc2c1C(C)(C)CC(=O)O2. The lowest BCUT2D eigenvalue weighted by molar-refractivity contribution is -0.138. The summed E-state index contributed by atoms with van der Waals surface area (Å²) in [5.74, 6) is 0.487. The molecule has 1 aliphatic rings. The van der Waals surface area contributed by atoms with Crippen LogP contribution in [0.4, 0.5) is 0 Å². The van der Waals surface area contributed by atoms with E-state index in [1.807, 2.05) is 57.2 Å². The first kappa shape index (κ1) is 20.6. The average Bonchev–Trinajstić information content (AvgIpc) is 2.65. The molecular weight excluding hydrogens is 368 g/mol. The second kappa shape index (κ2) is 8.52. The molecule has 0 atom stereocenters. The molecule has 0 aromatic heterocycles. The van der Waals surface area contributed by atoms with Gasteiger partial charge in [0, 0.05) is 22.6 Å². The topological polar surface area (TPSA) is 61.8 Å². The second-order valence-electron chi connectivity index (χ2n) is 7.70. The summed E-state index contributed by atoms with van der Waals surface area (Å²) in [6.45, 7) is 8.33. The van der Waals surface area contributed by atoms with Gasteiger partial charge in [-0.15, -0.1) is 0 Å². The molecule has 0 spiro atoms. The van der Waals surface area contributed by atoms with Crippen molar-refractivity contribution in [1.82, 2.24) is 0 Å². The first-order valence-electron chi connectivity index (χ1n) is 9.72. The summed E-state index contributed by atoms with van der Waals surface area (Å²) in [5.41, 5.74) is 2.99. The molecule has 0 saturated carbocycles. The number of rotatable bonds is 6. The zero-order chi connectivity index (χ0) is 21.0. The third kappa shape index (κ3) is 4.67. The maximum absolute atomic E-state index is 12.1. The van der Waals surface area contributed by atoms with Gasteiger partial charge in [0.1, 0.15) is 18.1 Å². The predicted molar refractivity (Wildman–Crippen MR) is 111 cm³/mol. The first-order chi connectivity index (χ1) is 13.8. The van der Waals surface area contributed by atoms with Crippen LogP contribution in [0.15, 0.2) is 42.5 Å². The monoisotopic (exact) mass is 394 g/mol. The van der Waals surface area contributed by atoms with Crippen LogP contribution in [0.1, 0.15) is 49.4 Å². The summed E-state index contributed by atoms with van der Waals surface area (Å²) < 4.78 is 16.7. The van der Waals surface area contributed by atoms with Gasteiger partial charge < -0.3 is 14.2 Å². The van der Waals surface area contributed by atoms with Gasteiger partial charge in [0.2, 0.25) is 0 Å². The van der Waals surface area contributed by atoms with Crippen molar-refractivity contribution in [3.05, 3.63) is 64.7 Å². The van der Waals surface area contributed by atoms with Crippen molar-refractivity contribution in [2.24, 2.45) is 0 Å². The highest BCUT2D eigenvalue weighted by molar-refractivity contribution is 5.89. The fraction of sp³-hybridized carbons (Fsp3) is 0.333. The first-order valence-corrected chi connectivity index (χ1v) is 9.72. The van der Waals surface area contributed by atoms with E-state index in [-0.39, 0.29) is 12.4 Å². The van der Waals surface area contributed by atoms with Crippen LogP contribution < -0.4 is 9.47 Å². The molecule has 0 aliphatic carbocycles. The van der Waals surface area contributed by atoms with Gasteiger partial charge >= 0.3 is 11.9 Å². The van der Waals surface area contributed by atoms with E-state index in [0.29, 0.717) is 24.7 Å². The van der Waals surface area contributed by atoms with E-state index in [9.17, 15) is 9.59 Å². The molecule has 1 aliphatic heterocycles. The second-order valence-corrected chi connectivity index (χ2v) is 7.70. The number of hydrogen-bond donors (Lipinski definition) is 0. The molecule has 3 rings (SSSR count). The summed E-state index contributed by atoms with van der Waals surface area (Å²) in [7, 11) is 0. The Hall–Kier alpha value is -3.08. The molecule has 2 aromatic carbocycles. The minimum Gasteiger partial charge on any atom is -0.488 e. The van der Waals surface area contributed by atoms with Crippen molar-refractivity contribution in [1.29, 1.82) is 0 Å². The van der Waals surface area contributed by atoms with Crippen molar-refractivity contribution in [2.45, 2.75) is 46.1 Å². The van der Waals surface area contributed by atoms with E-state index in [1.54, 1.807) is 13.0 Å². The molecule has 1 heterocycles. The van der Waals surface area contributed by atoms with Gasteiger partial charge in [0.05, 0.1) is 13.0 Å². The molecule has 2 aromatic rings. The zero-order valence-electron chi connectivity index (χ0n) is 17.3. The number of esters is 2. The number of carbonyl (C=O) groups excluding carboxylic acids is 2. The molecular formula is C24H26O5. The number of benzene rings is 2. The van der Waals surface area contributed by atoms with Gasteiger partial charge in [-0.3, -0.25) is 4.79 Å². The quantitative estimate of drug-likeness (QED) is 0.402. The van der Waals surface area contributed by atoms with E-state index in [2.05, 4.69) is 0 Å². The van der Waals surface area contributed by atoms with Gasteiger partial charge in [0.15, 0.2) is 0 Å². The normalized spacial score (nSPS) is 15.0. The highest BCUT2D eigenvalue weighted by Crippen LogP contribution is 2.46. The maximum atomic E-state index is 12.1. The molecule has 0 unspecified atom stereocenters. The fourth-order valence-corrected chi connectivity index (χ4v) is 3.60. The number of hydrogen-bond acceptors (Lipinski definition) is 5. The highest BCUT2D eigenvalue weighted by Gasteiger charge is 2.37. The van der Waals surface area contributed by atoms with E-state index in [4.69, 9.17) is 14.2 Å². The van der Waals surface area contributed by atoms with E-state index < -0.39 is 11.4 Å². The molecule has 152 valence electrons. The molecule has 0 bridgehead atoms.